The highest BCUT2D eigenvalue weighted by Gasteiger charge is 2.19. The molecule has 1 aliphatic rings. The third kappa shape index (κ3) is 3.87. The van der Waals surface area contributed by atoms with Gasteiger partial charge in [-0.2, -0.15) is 0 Å². The van der Waals surface area contributed by atoms with Gasteiger partial charge in [-0.05, 0) is 36.5 Å². The summed E-state index contributed by atoms with van der Waals surface area (Å²) in [5.74, 6) is 2.18. The normalized spacial score (nSPS) is 17.4. The highest BCUT2D eigenvalue weighted by atomic mass is 16.5. The molecule has 0 aromatic heterocycles. The highest BCUT2D eigenvalue weighted by molar-refractivity contribution is 5.43. The number of hydrogen-bond acceptors (Lipinski definition) is 3. The van der Waals surface area contributed by atoms with Crippen LogP contribution in [-0.2, 0) is 6.42 Å². The van der Waals surface area contributed by atoms with Gasteiger partial charge in [-0.15, -0.1) is 0 Å². The predicted octanol–water partition coefficient (Wildman–Crippen LogP) is 3.19. The Balaban J connectivity index is 1.94. The molecule has 0 bridgehead atoms. The van der Waals surface area contributed by atoms with Crippen LogP contribution in [0.4, 0.5) is 0 Å². The molecule has 1 saturated carbocycles. The van der Waals surface area contributed by atoms with Crippen molar-refractivity contribution in [3.8, 4) is 11.5 Å². The third-order valence-corrected chi connectivity index (χ3v) is 4.00. The minimum atomic E-state index is -0.249. The van der Waals surface area contributed by atoms with Gasteiger partial charge in [0.05, 0.1) is 20.3 Å². The number of aliphatic hydroxyl groups is 1. The molecule has 1 aromatic carbocycles. The van der Waals surface area contributed by atoms with Crippen molar-refractivity contribution in [2.45, 2.75) is 44.6 Å². The fourth-order valence-electron chi connectivity index (χ4n) is 2.99. The molecule has 1 fully saturated rings. The molecule has 0 aliphatic heterocycles. The summed E-state index contributed by atoms with van der Waals surface area (Å²) in [4.78, 5) is 0. The van der Waals surface area contributed by atoms with E-state index in [2.05, 4.69) is 0 Å². The van der Waals surface area contributed by atoms with Gasteiger partial charge < -0.3 is 14.6 Å². The van der Waals surface area contributed by atoms with Crippen molar-refractivity contribution in [3.05, 3.63) is 23.8 Å². The summed E-state index contributed by atoms with van der Waals surface area (Å²) in [5, 5.41) is 10.2. The molecular formula is C16H24O3. The Morgan fingerprint density at radius 2 is 1.84 bits per heavy atom. The van der Waals surface area contributed by atoms with E-state index < -0.39 is 0 Å². The molecule has 1 aliphatic carbocycles. The molecular weight excluding hydrogens is 240 g/mol. The maximum absolute atomic E-state index is 10.2. The van der Waals surface area contributed by atoms with Gasteiger partial charge in [0.1, 0.15) is 0 Å². The summed E-state index contributed by atoms with van der Waals surface area (Å²) in [5.41, 5.74) is 1.10. The SMILES string of the molecule is COc1ccc(CC(O)CC2CCCC2)cc1OC. The average Bonchev–Trinajstić information content (AvgIpc) is 2.91. The maximum Gasteiger partial charge on any atom is 0.160 e. The van der Waals surface area contributed by atoms with Crippen LogP contribution in [0.15, 0.2) is 18.2 Å². The Bertz CT molecular complexity index is 397. The molecule has 1 atom stereocenters. The first-order chi connectivity index (χ1) is 9.22. The van der Waals surface area contributed by atoms with Gasteiger partial charge in [-0.3, -0.25) is 0 Å². The summed E-state index contributed by atoms with van der Waals surface area (Å²) in [6, 6.07) is 5.85. The first kappa shape index (κ1) is 14.2. The van der Waals surface area contributed by atoms with Crippen molar-refractivity contribution in [1.29, 1.82) is 0 Å². The largest absolute Gasteiger partial charge is 0.493 e. The van der Waals surface area contributed by atoms with Gasteiger partial charge in [0, 0.05) is 0 Å². The third-order valence-electron chi connectivity index (χ3n) is 4.00. The van der Waals surface area contributed by atoms with Crippen LogP contribution in [0.2, 0.25) is 0 Å². The van der Waals surface area contributed by atoms with Crippen LogP contribution < -0.4 is 9.47 Å². The van der Waals surface area contributed by atoms with Crippen molar-refractivity contribution in [2.75, 3.05) is 14.2 Å². The molecule has 0 spiro atoms. The zero-order chi connectivity index (χ0) is 13.7. The van der Waals surface area contributed by atoms with Gasteiger partial charge in [-0.25, -0.2) is 0 Å². The van der Waals surface area contributed by atoms with Crippen LogP contribution in [-0.4, -0.2) is 25.4 Å². The van der Waals surface area contributed by atoms with Crippen LogP contribution in [0.3, 0.4) is 0 Å². The van der Waals surface area contributed by atoms with Gasteiger partial charge in [0.25, 0.3) is 0 Å². The van der Waals surface area contributed by atoms with Gasteiger partial charge >= 0.3 is 0 Å². The van der Waals surface area contributed by atoms with E-state index in [4.69, 9.17) is 9.47 Å². The second-order valence-electron chi connectivity index (χ2n) is 5.43. The average molecular weight is 264 g/mol. The van der Waals surface area contributed by atoms with E-state index in [1.165, 1.54) is 25.7 Å². The molecule has 1 aromatic rings. The molecule has 2 rings (SSSR count). The van der Waals surface area contributed by atoms with Crippen LogP contribution in [0.5, 0.6) is 11.5 Å². The zero-order valence-corrected chi connectivity index (χ0v) is 11.9. The quantitative estimate of drug-likeness (QED) is 0.857. The van der Waals surface area contributed by atoms with Crippen LogP contribution in [0.25, 0.3) is 0 Å². The van der Waals surface area contributed by atoms with E-state index >= 15 is 0 Å². The lowest BCUT2D eigenvalue weighted by molar-refractivity contribution is 0.143. The van der Waals surface area contributed by atoms with Crippen molar-refractivity contribution >= 4 is 0 Å². The monoisotopic (exact) mass is 264 g/mol. The van der Waals surface area contributed by atoms with E-state index in [0.717, 1.165) is 29.4 Å². The topological polar surface area (TPSA) is 38.7 Å². The van der Waals surface area contributed by atoms with Crippen LogP contribution in [0.1, 0.15) is 37.7 Å². The summed E-state index contributed by atoms with van der Waals surface area (Å²) in [6.45, 7) is 0. The van der Waals surface area contributed by atoms with E-state index in [1.807, 2.05) is 18.2 Å². The summed E-state index contributed by atoms with van der Waals surface area (Å²) < 4.78 is 10.5. The lowest BCUT2D eigenvalue weighted by Crippen LogP contribution is -2.14. The van der Waals surface area contributed by atoms with E-state index in [9.17, 15) is 5.11 Å². The molecule has 0 saturated heterocycles. The summed E-state index contributed by atoms with van der Waals surface area (Å²) in [6.07, 6.45) is 6.58. The standard InChI is InChI=1S/C16H24O3/c1-18-15-8-7-13(11-16(15)19-2)10-14(17)9-12-5-3-4-6-12/h7-8,11-12,14,17H,3-6,9-10H2,1-2H3. The lowest BCUT2D eigenvalue weighted by Gasteiger charge is -2.16. The number of hydrogen-bond donors (Lipinski definition) is 1. The van der Waals surface area contributed by atoms with Crippen LogP contribution >= 0.6 is 0 Å². The molecule has 0 amide bonds. The number of aliphatic hydroxyl groups excluding tert-OH is 1. The van der Waals surface area contributed by atoms with E-state index in [0.29, 0.717) is 6.42 Å². The summed E-state index contributed by atoms with van der Waals surface area (Å²) in [7, 11) is 3.27. The number of ether oxygens (including phenoxy) is 2. The van der Waals surface area contributed by atoms with Gasteiger partial charge in [-0.1, -0.05) is 31.7 Å². The maximum atomic E-state index is 10.2. The second-order valence-corrected chi connectivity index (χ2v) is 5.43. The fraction of sp³-hybridized carbons (Fsp3) is 0.625. The second kappa shape index (κ2) is 6.80. The molecule has 3 heteroatoms. The molecule has 3 nitrogen and oxygen atoms in total. The van der Waals surface area contributed by atoms with Gasteiger partial charge in [0.2, 0.25) is 0 Å². The van der Waals surface area contributed by atoms with Crippen molar-refractivity contribution in [2.24, 2.45) is 5.92 Å². The summed E-state index contributed by atoms with van der Waals surface area (Å²) >= 11 is 0. The van der Waals surface area contributed by atoms with Gasteiger partial charge in [0.15, 0.2) is 11.5 Å². The number of benzene rings is 1. The first-order valence-corrected chi connectivity index (χ1v) is 7.12. The predicted molar refractivity (Wildman–Crippen MR) is 75.8 cm³/mol. The Morgan fingerprint density at radius 1 is 1.16 bits per heavy atom. The molecule has 106 valence electrons. The minimum absolute atomic E-state index is 0.249. The Kier molecular flexibility index (Phi) is 5.08. The highest BCUT2D eigenvalue weighted by Crippen LogP contribution is 2.31. The minimum Gasteiger partial charge on any atom is -0.493 e. The Morgan fingerprint density at radius 3 is 2.47 bits per heavy atom. The van der Waals surface area contributed by atoms with Crippen molar-refractivity contribution < 1.29 is 14.6 Å². The fourth-order valence-corrected chi connectivity index (χ4v) is 2.99. The van der Waals surface area contributed by atoms with Crippen molar-refractivity contribution in [1.82, 2.24) is 0 Å². The van der Waals surface area contributed by atoms with E-state index in [-0.39, 0.29) is 6.10 Å². The zero-order valence-electron chi connectivity index (χ0n) is 11.9. The molecule has 1 N–H and O–H groups in total. The Hall–Kier alpha value is -1.22. The number of methoxy groups -OCH3 is 2. The molecule has 0 radical (unpaired) electrons. The molecule has 19 heavy (non-hydrogen) atoms. The number of rotatable bonds is 6. The smallest absolute Gasteiger partial charge is 0.160 e. The molecule has 1 unspecified atom stereocenters. The molecule has 0 heterocycles. The lowest BCUT2D eigenvalue weighted by atomic mass is 9.96. The Labute approximate surface area is 115 Å². The first-order valence-electron chi connectivity index (χ1n) is 7.12. The van der Waals surface area contributed by atoms with E-state index in [1.54, 1.807) is 14.2 Å². The van der Waals surface area contributed by atoms with Crippen LogP contribution in [0, 0.1) is 5.92 Å². The van der Waals surface area contributed by atoms with Crippen molar-refractivity contribution in [3.63, 3.8) is 0 Å².